The molecule has 0 aliphatic carbocycles. The molecule has 0 bridgehead atoms. The van der Waals surface area contributed by atoms with E-state index in [-0.39, 0.29) is 6.10 Å². The van der Waals surface area contributed by atoms with E-state index in [2.05, 4.69) is 4.90 Å². The molecule has 3 N–H and O–H groups in total. The first-order valence-corrected chi connectivity index (χ1v) is 5.50. The maximum atomic E-state index is 10.8. The van der Waals surface area contributed by atoms with Gasteiger partial charge in [0.1, 0.15) is 17.9 Å². The number of nitrogens with zero attached hydrogens (tertiary/aromatic N) is 1. The van der Waals surface area contributed by atoms with Gasteiger partial charge in [-0.05, 0) is 24.7 Å². The molecule has 5 heteroatoms. The average molecular weight is 236 g/mol. The number of rotatable bonds is 4. The molecule has 1 atom stereocenters. The molecule has 0 amide bonds. The highest BCUT2D eigenvalue weighted by Gasteiger charge is 2.25. The number of carbonyl (C=O) groups is 1. The second kappa shape index (κ2) is 4.73. The summed E-state index contributed by atoms with van der Waals surface area (Å²) in [5, 5.41) is 8.83. The Labute approximate surface area is 99.8 Å². The summed E-state index contributed by atoms with van der Waals surface area (Å²) in [7, 11) is 2.02. The summed E-state index contributed by atoms with van der Waals surface area (Å²) in [5.74, 6) is -0.358. The first-order valence-electron chi connectivity index (χ1n) is 5.50. The van der Waals surface area contributed by atoms with Crippen molar-refractivity contribution in [3.05, 3.63) is 29.8 Å². The van der Waals surface area contributed by atoms with Crippen LogP contribution in [0.2, 0.25) is 0 Å². The highest BCUT2D eigenvalue weighted by Crippen LogP contribution is 2.21. The second-order valence-electron chi connectivity index (χ2n) is 4.35. The Morgan fingerprint density at radius 1 is 1.59 bits per heavy atom. The Kier molecular flexibility index (Phi) is 3.31. The number of carboxylic acid groups (broad SMARTS) is 1. The number of likely N-dealkylation sites (tertiary alicyclic amines) is 1. The van der Waals surface area contributed by atoms with Crippen molar-refractivity contribution in [2.24, 2.45) is 5.73 Å². The van der Waals surface area contributed by atoms with Gasteiger partial charge in [-0.25, -0.2) is 0 Å². The van der Waals surface area contributed by atoms with Crippen molar-refractivity contribution in [2.45, 2.75) is 12.1 Å². The first kappa shape index (κ1) is 11.9. The average Bonchev–Trinajstić information content (AvgIpc) is 2.26. The minimum atomic E-state index is -1.04. The Morgan fingerprint density at radius 2 is 2.29 bits per heavy atom. The number of benzene rings is 1. The van der Waals surface area contributed by atoms with E-state index in [0.717, 1.165) is 13.1 Å². The van der Waals surface area contributed by atoms with E-state index >= 15 is 0 Å². The van der Waals surface area contributed by atoms with Crippen LogP contribution in [0.1, 0.15) is 11.6 Å². The summed E-state index contributed by atoms with van der Waals surface area (Å²) >= 11 is 0. The van der Waals surface area contributed by atoms with E-state index in [1.54, 1.807) is 18.2 Å². The van der Waals surface area contributed by atoms with Crippen molar-refractivity contribution in [2.75, 3.05) is 20.1 Å². The molecule has 5 nitrogen and oxygen atoms in total. The smallest absolute Gasteiger partial charge is 0.325 e. The lowest BCUT2D eigenvalue weighted by atomic mass is 10.1. The molecule has 1 saturated heterocycles. The molecule has 1 aromatic rings. The number of hydrogen-bond acceptors (Lipinski definition) is 4. The van der Waals surface area contributed by atoms with Gasteiger partial charge in [-0.15, -0.1) is 0 Å². The lowest BCUT2D eigenvalue weighted by Gasteiger charge is -2.36. The maximum absolute atomic E-state index is 10.8. The molecule has 1 aliphatic rings. The summed E-state index contributed by atoms with van der Waals surface area (Å²) in [6, 6.07) is 5.96. The van der Waals surface area contributed by atoms with Crippen LogP contribution in [0.5, 0.6) is 5.75 Å². The molecule has 1 aromatic carbocycles. The molecular formula is C12H16N2O3. The van der Waals surface area contributed by atoms with Crippen molar-refractivity contribution in [1.29, 1.82) is 0 Å². The summed E-state index contributed by atoms with van der Waals surface area (Å²) in [6.45, 7) is 1.80. The van der Waals surface area contributed by atoms with Crippen LogP contribution in [0.4, 0.5) is 0 Å². The molecule has 0 radical (unpaired) electrons. The van der Waals surface area contributed by atoms with Crippen molar-refractivity contribution in [3.8, 4) is 5.75 Å². The zero-order chi connectivity index (χ0) is 12.4. The van der Waals surface area contributed by atoms with E-state index < -0.39 is 12.0 Å². The van der Waals surface area contributed by atoms with E-state index in [0.29, 0.717) is 11.3 Å². The zero-order valence-corrected chi connectivity index (χ0v) is 9.67. The number of ether oxygens (including phenoxy) is 1. The highest BCUT2D eigenvalue weighted by atomic mass is 16.5. The van der Waals surface area contributed by atoms with Crippen LogP contribution >= 0.6 is 0 Å². The quantitative estimate of drug-likeness (QED) is 0.794. The molecule has 1 unspecified atom stereocenters. The van der Waals surface area contributed by atoms with E-state index in [1.807, 2.05) is 13.1 Å². The number of nitrogens with two attached hydrogens (primary N) is 1. The van der Waals surface area contributed by atoms with Gasteiger partial charge in [0, 0.05) is 13.1 Å². The normalized spacial score (nSPS) is 18.5. The van der Waals surface area contributed by atoms with E-state index in [1.165, 1.54) is 0 Å². The fourth-order valence-electron chi connectivity index (χ4n) is 1.83. The van der Waals surface area contributed by atoms with Crippen LogP contribution in [-0.4, -0.2) is 42.2 Å². The van der Waals surface area contributed by atoms with Gasteiger partial charge in [0.05, 0.1) is 0 Å². The van der Waals surface area contributed by atoms with Gasteiger partial charge in [-0.2, -0.15) is 0 Å². The van der Waals surface area contributed by atoms with Gasteiger partial charge in [-0.1, -0.05) is 12.1 Å². The van der Waals surface area contributed by atoms with Gasteiger partial charge in [0.25, 0.3) is 0 Å². The molecular weight excluding hydrogens is 220 g/mol. The largest absolute Gasteiger partial charge is 0.488 e. The fraction of sp³-hybridized carbons (Fsp3) is 0.417. The summed E-state index contributed by atoms with van der Waals surface area (Å²) in [5.41, 5.74) is 6.10. The van der Waals surface area contributed by atoms with Crippen LogP contribution < -0.4 is 10.5 Å². The minimum Gasteiger partial charge on any atom is -0.488 e. The SMILES string of the molecule is CN1CC(Oc2cccc(C(N)C(=O)O)c2)C1. The molecule has 2 rings (SSSR count). The van der Waals surface area contributed by atoms with Crippen LogP contribution in [0.3, 0.4) is 0 Å². The van der Waals surface area contributed by atoms with Gasteiger partial charge in [-0.3, -0.25) is 9.69 Å². The lowest BCUT2D eigenvalue weighted by molar-refractivity contribution is -0.138. The van der Waals surface area contributed by atoms with Crippen LogP contribution in [0.15, 0.2) is 24.3 Å². The number of aliphatic carboxylic acids is 1. The number of likely N-dealkylation sites (N-methyl/N-ethyl adjacent to an activating group) is 1. The lowest BCUT2D eigenvalue weighted by Crippen LogP contribution is -2.51. The highest BCUT2D eigenvalue weighted by molar-refractivity contribution is 5.75. The van der Waals surface area contributed by atoms with Crippen molar-refractivity contribution in [3.63, 3.8) is 0 Å². The summed E-state index contributed by atoms with van der Waals surface area (Å²) < 4.78 is 5.70. The van der Waals surface area contributed by atoms with Crippen molar-refractivity contribution in [1.82, 2.24) is 4.90 Å². The summed E-state index contributed by atoms with van der Waals surface area (Å²) in [6.07, 6.45) is 0.191. The Balaban J connectivity index is 2.03. The standard InChI is InChI=1S/C12H16N2O3/c1-14-6-10(7-14)17-9-4-2-3-8(5-9)11(13)12(15)16/h2-5,10-11H,6-7,13H2,1H3,(H,15,16). The molecule has 0 aromatic heterocycles. The van der Waals surface area contributed by atoms with Crippen LogP contribution in [0.25, 0.3) is 0 Å². The Hall–Kier alpha value is -1.59. The zero-order valence-electron chi connectivity index (χ0n) is 9.67. The second-order valence-corrected chi connectivity index (χ2v) is 4.35. The number of hydrogen-bond donors (Lipinski definition) is 2. The Morgan fingerprint density at radius 3 is 2.88 bits per heavy atom. The van der Waals surface area contributed by atoms with E-state index in [9.17, 15) is 4.79 Å². The number of carboxylic acids is 1. The molecule has 1 aliphatic heterocycles. The molecule has 0 spiro atoms. The van der Waals surface area contributed by atoms with Gasteiger partial charge in [0.2, 0.25) is 0 Å². The maximum Gasteiger partial charge on any atom is 0.325 e. The topological polar surface area (TPSA) is 75.8 Å². The third-order valence-electron chi connectivity index (χ3n) is 2.82. The first-order chi connectivity index (χ1) is 8.06. The fourth-order valence-corrected chi connectivity index (χ4v) is 1.83. The van der Waals surface area contributed by atoms with E-state index in [4.69, 9.17) is 15.6 Å². The monoisotopic (exact) mass is 236 g/mol. The van der Waals surface area contributed by atoms with Crippen molar-refractivity contribution < 1.29 is 14.6 Å². The molecule has 92 valence electrons. The Bertz CT molecular complexity index is 416. The molecule has 1 heterocycles. The van der Waals surface area contributed by atoms with Crippen LogP contribution in [0, 0.1) is 0 Å². The predicted molar refractivity (Wildman–Crippen MR) is 62.9 cm³/mol. The molecule has 0 saturated carbocycles. The van der Waals surface area contributed by atoms with Gasteiger partial charge < -0.3 is 15.6 Å². The minimum absolute atomic E-state index is 0.191. The predicted octanol–water partition coefficient (Wildman–Crippen LogP) is 0.464. The third kappa shape index (κ3) is 2.75. The van der Waals surface area contributed by atoms with Gasteiger partial charge >= 0.3 is 5.97 Å². The van der Waals surface area contributed by atoms with Gasteiger partial charge in [0.15, 0.2) is 0 Å². The third-order valence-corrected chi connectivity index (χ3v) is 2.82. The van der Waals surface area contributed by atoms with Crippen LogP contribution in [-0.2, 0) is 4.79 Å². The molecule has 17 heavy (non-hydrogen) atoms. The summed E-state index contributed by atoms with van der Waals surface area (Å²) in [4.78, 5) is 12.9. The molecule has 1 fully saturated rings. The van der Waals surface area contributed by atoms with Crippen molar-refractivity contribution >= 4 is 5.97 Å².